The van der Waals surface area contributed by atoms with Crippen LogP contribution in [0.3, 0.4) is 0 Å². The summed E-state index contributed by atoms with van der Waals surface area (Å²) in [6.45, 7) is 11.9. The SMILES string of the molecule is CO[C@@H]1CCN(c2nc(-c3c(C)ccc4c3c(C)nn4S(=O)(=O)c3ccc(C)cc3)nc3c2CN(c2c(C=O)c(C(F)F)nn2C)CC3)CC1(C)C. The van der Waals surface area contributed by atoms with Crippen LogP contribution in [0.25, 0.3) is 22.3 Å². The highest BCUT2D eigenvalue weighted by molar-refractivity contribution is 7.90. The Morgan fingerprint density at radius 3 is 2.38 bits per heavy atom. The first-order chi connectivity index (χ1) is 24.7. The normalized spacial score (nSPS) is 17.6. The second kappa shape index (κ2) is 13.0. The molecule has 0 radical (unpaired) electrons. The highest BCUT2D eigenvalue weighted by Gasteiger charge is 2.39. The first-order valence-electron chi connectivity index (χ1n) is 17.2. The summed E-state index contributed by atoms with van der Waals surface area (Å²) < 4.78 is 63.8. The molecule has 0 bridgehead atoms. The van der Waals surface area contributed by atoms with Gasteiger partial charge in [-0.15, -0.1) is 0 Å². The van der Waals surface area contributed by atoms with Crippen LogP contribution in [-0.4, -0.2) is 76.5 Å². The fraction of sp³-hybridized carbons (Fsp3) is 0.432. The van der Waals surface area contributed by atoms with Gasteiger partial charge in [0.25, 0.3) is 16.4 Å². The van der Waals surface area contributed by atoms with Crippen LogP contribution < -0.4 is 9.80 Å². The summed E-state index contributed by atoms with van der Waals surface area (Å²) in [6, 6.07) is 10.3. The zero-order valence-corrected chi connectivity index (χ0v) is 31.1. The van der Waals surface area contributed by atoms with E-state index in [2.05, 4.69) is 28.9 Å². The van der Waals surface area contributed by atoms with E-state index in [1.165, 1.54) is 4.68 Å². The van der Waals surface area contributed by atoms with Gasteiger partial charge in [-0.25, -0.2) is 18.7 Å². The third-order valence-electron chi connectivity index (χ3n) is 10.4. The van der Waals surface area contributed by atoms with Gasteiger partial charge in [-0.1, -0.05) is 37.6 Å². The number of fused-ring (bicyclic) bond motifs is 2. The lowest BCUT2D eigenvalue weighted by Gasteiger charge is -2.45. The first-order valence-corrected chi connectivity index (χ1v) is 18.6. The Morgan fingerprint density at radius 2 is 1.73 bits per heavy atom. The van der Waals surface area contributed by atoms with Crippen LogP contribution >= 0.6 is 0 Å². The van der Waals surface area contributed by atoms with Gasteiger partial charge in [0.05, 0.1) is 33.5 Å². The van der Waals surface area contributed by atoms with Crippen molar-refractivity contribution in [1.82, 2.24) is 28.9 Å². The van der Waals surface area contributed by atoms with Crippen molar-refractivity contribution in [3.05, 3.63) is 75.7 Å². The van der Waals surface area contributed by atoms with E-state index in [0.717, 1.165) is 32.9 Å². The van der Waals surface area contributed by atoms with Crippen LogP contribution in [0.4, 0.5) is 20.4 Å². The number of piperidine rings is 1. The van der Waals surface area contributed by atoms with Crippen molar-refractivity contribution < 1.29 is 26.7 Å². The van der Waals surface area contributed by atoms with Crippen LogP contribution in [0.2, 0.25) is 0 Å². The van der Waals surface area contributed by atoms with E-state index in [4.69, 9.17) is 14.7 Å². The summed E-state index contributed by atoms with van der Waals surface area (Å²) in [4.78, 5) is 26.8. The molecule has 1 atom stereocenters. The molecule has 7 rings (SSSR count). The van der Waals surface area contributed by atoms with Gasteiger partial charge < -0.3 is 14.5 Å². The third kappa shape index (κ3) is 5.83. The predicted molar refractivity (Wildman–Crippen MR) is 194 cm³/mol. The zero-order valence-electron chi connectivity index (χ0n) is 30.3. The number of anilines is 2. The number of carbonyl (C=O) groups excluding carboxylic acids is 1. The molecule has 2 aromatic carbocycles. The van der Waals surface area contributed by atoms with E-state index in [1.54, 1.807) is 51.4 Å². The largest absolute Gasteiger partial charge is 0.381 e. The molecule has 0 saturated carbocycles. The summed E-state index contributed by atoms with van der Waals surface area (Å²) >= 11 is 0. The molecule has 2 aliphatic rings. The van der Waals surface area contributed by atoms with Gasteiger partial charge in [-0.3, -0.25) is 9.48 Å². The fourth-order valence-corrected chi connectivity index (χ4v) is 9.17. The molecule has 52 heavy (non-hydrogen) atoms. The number of rotatable bonds is 8. The van der Waals surface area contributed by atoms with Gasteiger partial charge >= 0.3 is 0 Å². The standard InChI is InChI=1S/C37H42F2N8O4S/c1-21-8-11-24(12-9-21)52(49,50)47-28-13-10-22(2)30(31(28)23(3)42-47)34-40-27-14-16-45(36-26(19-48)32(33(38)39)43-44(36)6)18-25(27)35(41-34)46-17-15-29(51-7)37(4,5)20-46/h8-13,19,29,33H,14-18,20H2,1-7H3/t29-/m1/s1. The quantitative estimate of drug-likeness (QED) is 0.177. The molecule has 2 aliphatic heterocycles. The van der Waals surface area contributed by atoms with Gasteiger partial charge in [0.15, 0.2) is 12.1 Å². The number of aromatic nitrogens is 6. The Kier molecular flexibility index (Phi) is 8.93. The van der Waals surface area contributed by atoms with E-state index in [9.17, 15) is 22.0 Å². The minimum absolute atomic E-state index is 0.0368. The van der Waals surface area contributed by atoms with Gasteiger partial charge in [0.1, 0.15) is 17.3 Å². The first kappa shape index (κ1) is 35.6. The second-order valence-electron chi connectivity index (χ2n) is 14.5. The van der Waals surface area contributed by atoms with Gasteiger partial charge in [-0.2, -0.15) is 22.7 Å². The van der Waals surface area contributed by atoms with E-state index < -0.39 is 22.1 Å². The summed E-state index contributed by atoms with van der Waals surface area (Å²) in [6.07, 6.45) is -1.21. The maximum Gasteiger partial charge on any atom is 0.283 e. The number of benzene rings is 2. The average Bonchev–Trinajstić information content (AvgIpc) is 3.63. The summed E-state index contributed by atoms with van der Waals surface area (Å²) in [5, 5.41) is 9.19. The fourth-order valence-electron chi connectivity index (χ4n) is 7.85. The van der Waals surface area contributed by atoms with Crippen molar-refractivity contribution in [2.24, 2.45) is 12.5 Å². The highest BCUT2D eigenvalue weighted by Crippen LogP contribution is 2.41. The minimum atomic E-state index is -4.02. The molecule has 1 saturated heterocycles. The van der Waals surface area contributed by atoms with Crippen molar-refractivity contribution >= 4 is 38.8 Å². The van der Waals surface area contributed by atoms with E-state index in [1.807, 2.05) is 24.8 Å². The highest BCUT2D eigenvalue weighted by atomic mass is 32.2. The molecule has 0 unspecified atom stereocenters. The molecular weight excluding hydrogens is 691 g/mol. The lowest BCUT2D eigenvalue weighted by molar-refractivity contribution is -0.00647. The van der Waals surface area contributed by atoms with E-state index >= 15 is 0 Å². The topological polar surface area (TPSA) is 128 Å². The maximum atomic E-state index is 13.9. The van der Waals surface area contributed by atoms with Crippen molar-refractivity contribution in [3.63, 3.8) is 0 Å². The Bertz CT molecular complexity index is 2320. The van der Waals surface area contributed by atoms with Gasteiger partial charge in [0.2, 0.25) is 0 Å². The van der Waals surface area contributed by atoms with Crippen molar-refractivity contribution in [2.75, 3.05) is 36.5 Å². The molecule has 0 spiro atoms. The molecule has 12 nitrogen and oxygen atoms in total. The lowest BCUT2D eigenvalue weighted by Crippen LogP contribution is -2.50. The molecule has 274 valence electrons. The Hall–Kier alpha value is -4.76. The minimum Gasteiger partial charge on any atom is -0.381 e. The monoisotopic (exact) mass is 732 g/mol. The van der Waals surface area contributed by atoms with Gasteiger partial charge in [-0.05, 0) is 51.0 Å². The van der Waals surface area contributed by atoms with Crippen LogP contribution in [0.5, 0.6) is 0 Å². The molecule has 1 fully saturated rings. The van der Waals surface area contributed by atoms with Crippen molar-refractivity contribution in [1.29, 1.82) is 0 Å². The van der Waals surface area contributed by atoms with Crippen molar-refractivity contribution in [2.45, 2.75) is 71.4 Å². The van der Waals surface area contributed by atoms with Gasteiger partial charge in [0, 0.05) is 68.7 Å². The number of methoxy groups -OCH3 is 1. The number of halogens is 2. The Labute approximate surface area is 301 Å². The predicted octanol–water partition coefficient (Wildman–Crippen LogP) is 5.95. The molecule has 5 heterocycles. The molecule has 3 aromatic heterocycles. The van der Waals surface area contributed by atoms with E-state index in [-0.39, 0.29) is 28.5 Å². The number of nitrogens with zero attached hydrogens (tertiary/aromatic N) is 8. The molecule has 0 N–H and O–H groups in total. The number of hydrogen-bond donors (Lipinski definition) is 0. The smallest absolute Gasteiger partial charge is 0.283 e. The van der Waals surface area contributed by atoms with Crippen LogP contribution in [0, 0.1) is 26.2 Å². The average molecular weight is 733 g/mol. The number of ether oxygens (including phenoxy) is 1. The summed E-state index contributed by atoms with van der Waals surface area (Å²) in [5.41, 5.74) is 4.15. The molecule has 0 aliphatic carbocycles. The summed E-state index contributed by atoms with van der Waals surface area (Å²) in [5.74, 6) is 1.47. The second-order valence-corrected chi connectivity index (χ2v) is 16.2. The number of alkyl halides is 2. The van der Waals surface area contributed by atoms with Crippen LogP contribution in [-0.2, 0) is 34.8 Å². The van der Waals surface area contributed by atoms with Crippen molar-refractivity contribution in [3.8, 4) is 11.4 Å². The molecule has 15 heteroatoms. The van der Waals surface area contributed by atoms with E-state index in [0.29, 0.717) is 72.0 Å². The van der Waals surface area contributed by atoms with Crippen LogP contribution in [0.1, 0.15) is 70.8 Å². The lowest BCUT2D eigenvalue weighted by atomic mass is 9.81. The Morgan fingerprint density at radius 1 is 1.00 bits per heavy atom. The Balaban J connectivity index is 1.40. The molecule has 5 aromatic rings. The summed E-state index contributed by atoms with van der Waals surface area (Å²) in [7, 11) is -0.732. The third-order valence-corrected chi connectivity index (χ3v) is 12.0. The zero-order chi connectivity index (χ0) is 37.3. The number of aldehydes is 1. The number of aryl methyl sites for hydroxylation is 4. The molecule has 0 amide bonds. The maximum absolute atomic E-state index is 13.9. The number of carbonyl (C=O) groups is 1. The molecular formula is C37H42F2N8O4S. The number of hydrogen-bond acceptors (Lipinski definition) is 10. The van der Waals surface area contributed by atoms with Crippen LogP contribution in [0.15, 0.2) is 41.3 Å².